The van der Waals surface area contributed by atoms with Crippen LogP contribution < -0.4 is 5.73 Å². The predicted molar refractivity (Wildman–Crippen MR) is 131 cm³/mol. The van der Waals surface area contributed by atoms with Crippen LogP contribution in [0.4, 0.5) is 0 Å². The molecule has 3 rings (SSSR count). The number of ether oxygens (including phenoxy) is 4. The first-order valence-electron chi connectivity index (χ1n) is 12.4. The minimum Gasteiger partial charge on any atom is -0.463 e. The van der Waals surface area contributed by atoms with Gasteiger partial charge < -0.3 is 24.7 Å². The molecule has 0 saturated carbocycles. The minimum atomic E-state index is -1.87. The van der Waals surface area contributed by atoms with E-state index in [1.807, 2.05) is 6.92 Å². The number of amidine groups is 1. The van der Waals surface area contributed by atoms with Gasteiger partial charge in [0.05, 0.1) is 23.5 Å². The number of carbonyl (C=O) groups is 3. The number of nitriles is 1. The Hall–Kier alpha value is -3.46. The average Bonchev–Trinajstić information content (AvgIpc) is 3.32. The van der Waals surface area contributed by atoms with E-state index in [0.29, 0.717) is 5.70 Å². The lowest BCUT2D eigenvalue weighted by molar-refractivity contribution is -0.175. The SMILES string of the molecule is CC(C)C(=O)OC[C@H]1O[C@@](C#N)(C2C(C)C=C3C(N)=NC=NN32)[C@H](OC(=O)C(C)C)[C@@H]1OC(=O)C(C)C. The maximum Gasteiger partial charge on any atom is 0.308 e. The molecule has 0 bridgehead atoms. The van der Waals surface area contributed by atoms with Gasteiger partial charge in [-0.25, -0.2) is 4.99 Å². The third-order valence-corrected chi connectivity index (χ3v) is 6.41. The van der Waals surface area contributed by atoms with E-state index in [1.54, 1.807) is 47.6 Å². The molecule has 1 fully saturated rings. The molecule has 0 radical (unpaired) electrons. The summed E-state index contributed by atoms with van der Waals surface area (Å²) >= 11 is 0. The van der Waals surface area contributed by atoms with Crippen molar-refractivity contribution in [3.63, 3.8) is 0 Å². The van der Waals surface area contributed by atoms with E-state index >= 15 is 0 Å². The number of nitrogens with zero attached hydrogens (tertiary/aromatic N) is 4. The van der Waals surface area contributed by atoms with Crippen molar-refractivity contribution in [3.8, 4) is 6.07 Å². The van der Waals surface area contributed by atoms with Gasteiger partial charge in [-0.05, 0) is 0 Å². The van der Waals surface area contributed by atoms with Crippen LogP contribution >= 0.6 is 0 Å². The fourth-order valence-corrected chi connectivity index (χ4v) is 4.41. The second-order valence-corrected chi connectivity index (χ2v) is 10.4. The van der Waals surface area contributed by atoms with Crippen molar-refractivity contribution in [1.82, 2.24) is 5.01 Å². The van der Waals surface area contributed by atoms with Crippen molar-refractivity contribution in [2.24, 2.45) is 39.5 Å². The molecule has 0 aromatic rings. The highest BCUT2D eigenvalue weighted by Crippen LogP contribution is 2.46. The molecule has 2 N–H and O–H groups in total. The van der Waals surface area contributed by atoms with Gasteiger partial charge in [-0.1, -0.05) is 54.5 Å². The zero-order chi connectivity index (χ0) is 27.7. The Kier molecular flexibility index (Phi) is 8.27. The van der Waals surface area contributed by atoms with Gasteiger partial charge in [0.15, 0.2) is 18.0 Å². The Labute approximate surface area is 216 Å². The normalized spacial score (nSPS) is 30.6. The van der Waals surface area contributed by atoms with Crippen molar-refractivity contribution in [2.45, 2.75) is 78.4 Å². The molecule has 0 aromatic carbocycles. The highest BCUT2D eigenvalue weighted by Gasteiger charge is 2.67. The lowest BCUT2D eigenvalue weighted by Gasteiger charge is -2.40. The van der Waals surface area contributed by atoms with Gasteiger partial charge in [0, 0.05) is 5.92 Å². The van der Waals surface area contributed by atoms with E-state index in [1.165, 1.54) is 11.3 Å². The Morgan fingerprint density at radius 3 is 2.27 bits per heavy atom. The average molecular weight is 518 g/mol. The summed E-state index contributed by atoms with van der Waals surface area (Å²) in [5.41, 5.74) is 4.68. The van der Waals surface area contributed by atoms with Crippen LogP contribution in [0.5, 0.6) is 0 Å². The molecule has 1 saturated heterocycles. The Morgan fingerprint density at radius 2 is 1.70 bits per heavy atom. The second kappa shape index (κ2) is 10.9. The van der Waals surface area contributed by atoms with E-state index in [0.717, 1.165) is 0 Å². The summed E-state index contributed by atoms with van der Waals surface area (Å²) in [5, 5.41) is 16.5. The number of esters is 3. The molecule has 0 amide bonds. The predicted octanol–water partition coefficient (Wildman–Crippen LogP) is 1.50. The van der Waals surface area contributed by atoms with Crippen LogP contribution in [0.2, 0.25) is 0 Å². The summed E-state index contributed by atoms with van der Waals surface area (Å²) in [6.07, 6.45) is -0.622. The fourth-order valence-electron chi connectivity index (χ4n) is 4.41. The summed E-state index contributed by atoms with van der Waals surface area (Å²) in [5.74, 6) is -3.32. The number of fused-ring (bicyclic) bond motifs is 1. The number of rotatable bonds is 8. The Balaban J connectivity index is 2.10. The summed E-state index contributed by atoms with van der Waals surface area (Å²) in [7, 11) is 0. The molecule has 2 unspecified atom stereocenters. The molecule has 0 spiro atoms. The molecule has 3 aliphatic rings. The van der Waals surface area contributed by atoms with Gasteiger partial charge in [-0.15, -0.1) is 0 Å². The first-order chi connectivity index (χ1) is 17.3. The number of hydrazone groups is 1. The van der Waals surface area contributed by atoms with Gasteiger partial charge in [0.1, 0.15) is 31.2 Å². The summed E-state index contributed by atoms with van der Waals surface area (Å²) in [6, 6.07) is 1.38. The van der Waals surface area contributed by atoms with E-state index in [-0.39, 0.29) is 18.4 Å². The summed E-state index contributed by atoms with van der Waals surface area (Å²) < 4.78 is 23.4. The molecule has 3 heterocycles. The molecule has 3 aliphatic heterocycles. The largest absolute Gasteiger partial charge is 0.463 e. The van der Waals surface area contributed by atoms with E-state index in [4.69, 9.17) is 24.7 Å². The lowest BCUT2D eigenvalue weighted by Crippen LogP contribution is -2.59. The molecule has 6 atom stereocenters. The summed E-state index contributed by atoms with van der Waals surface area (Å²) in [6.45, 7) is 11.5. The minimum absolute atomic E-state index is 0.205. The molecule has 202 valence electrons. The van der Waals surface area contributed by atoms with Gasteiger partial charge in [0.2, 0.25) is 5.60 Å². The molecule has 0 aromatic heterocycles. The highest BCUT2D eigenvalue weighted by atomic mass is 16.7. The molecule has 12 nitrogen and oxygen atoms in total. The van der Waals surface area contributed by atoms with Crippen molar-refractivity contribution in [2.75, 3.05) is 6.61 Å². The Morgan fingerprint density at radius 1 is 1.11 bits per heavy atom. The van der Waals surface area contributed by atoms with Crippen LogP contribution in [0.15, 0.2) is 21.9 Å². The number of carbonyl (C=O) groups excluding carboxylic acids is 3. The summed E-state index contributed by atoms with van der Waals surface area (Å²) in [4.78, 5) is 41.8. The monoisotopic (exact) mass is 517 g/mol. The molecule has 12 heteroatoms. The molecule has 0 aliphatic carbocycles. The second-order valence-electron chi connectivity index (χ2n) is 10.4. The number of aliphatic imine (C=N–C) groups is 1. The van der Waals surface area contributed by atoms with Gasteiger partial charge >= 0.3 is 17.9 Å². The van der Waals surface area contributed by atoms with Crippen molar-refractivity contribution in [3.05, 3.63) is 11.8 Å². The van der Waals surface area contributed by atoms with Crippen LogP contribution in [0.3, 0.4) is 0 Å². The zero-order valence-electron chi connectivity index (χ0n) is 22.2. The van der Waals surface area contributed by atoms with Crippen LogP contribution in [-0.2, 0) is 33.3 Å². The van der Waals surface area contributed by atoms with Crippen LogP contribution in [-0.4, -0.2) is 71.7 Å². The quantitative estimate of drug-likeness (QED) is 0.368. The molecule has 37 heavy (non-hydrogen) atoms. The van der Waals surface area contributed by atoms with Gasteiger partial charge in [-0.2, -0.15) is 10.4 Å². The topological polar surface area (TPSA) is 166 Å². The lowest BCUT2D eigenvalue weighted by atomic mass is 9.82. The van der Waals surface area contributed by atoms with Crippen molar-refractivity contribution >= 4 is 30.1 Å². The van der Waals surface area contributed by atoms with E-state index in [2.05, 4.69) is 16.2 Å². The maximum atomic E-state index is 12.9. The van der Waals surface area contributed by atoms with Crippen LogP contribution in [0.1, 0.15) is 48.5 Å². The van der Waals surface area contributed by atoms with Crippen molar-refractivity contribution in [1.29, 1.82) is 5.26 Å². The third-order valence-electron chi connectivity index (χ3n) is 6.41. The van der Waals surface area contributed by atoms with Crippen molar-refractivity contribution < 1.29 is 33.3 Å². The highest BCUT2D eigenvalue weighted by molar-refractivity contribution is 6.02. The first kappa shape index (κ1) is 28.1. The fraction of sp³-hybridized carbons (Fsp3) is 0.680. The Bertz CT molecular complexity index is 1060. The molecular formula is C25H35N5O7. The van der Waals surface area contributed by atoms with Gasteiger partial charge in [0.25, 0.3) is 0 Å². The van der Waals surface area contributed by atoms with E-state index < -0.39 is 65.6 Å². The number of hydrogen-bond donors (Lipinski definition) is 1. The third kappa shape index (κ3) is 5.32. The number of nitrogens with two attached hydrogens (primary N) is 1. The maximum absolute atomic E-state index is 12.9. The zero-order valence-corrected chi connectivity index (χ0v) is 22.2. The molecular weight excluding hydrogens is 482 g/mol. The standard InChI is InChI=1S/C25H35N5O7/c1-12(2)22(31)34-9-17-18(35-23(32)13(3)4)20(36-24(33)14(5)6)25(10-26,37-17)19-15(7)8-16-21(27)28-11-29-30(16)19/h8,11-15,17-20H,9H2,1-7H3,(H2,27,28,29)/t15?,17-,18-,19?,20-,25+/m1/s1. The van der Waals surface area contributed by atoms with Crippen LogP contribution in [0, 0.1) is 35.0 Å². The first-order valence-corrected chi connectivity index (χ1v) is 12.4. The van der Waals surface area contributed by atoms with Gasteiger partial charge in [-0.3, -0.25) is 19.4 Å². The van der Waals surface area contributed by atoms with Crippen LogP contribution in [0.25, 0.3) is 0 Å². The number of hydrogen-bond acceptors (Lipinski definition) is 12. The smallest absolute Gasteiger partial charge is 0.308 e. The van der Waals surface area contributed by atoms with E-state index in [9.17, 15) is 19.6 Å².